The molecule has 0 saturated carbocycles. The molecule has 1 rings (SSSR count). The van der Waals surface area contributed by atoms with Crippen LogP contribution in [0.15, 0.2) is 18.2 Å². The smallest absolute Gasteiger partial charge is 0.165 e. The van der Waals surface area contributed by atoms with Crippen LogP contribution in [-0.2, 0) is 0 Å². The Morgan fingerprint density at radius 3 is 2.38 bits per heavy atom. The highest BCUT2D eigenvalue weighted by Gasteiger charge is 2.11. The van der Waals surface area contributed by atoms with E-state index < -0.39 is 0 Å². The zero-order valence-electron chi connectivity index (χ0n) is 10.2. The van der Waals surface area contributed by atoms with E-state index in [0.717, 1.165) is 18.4 Å². The molecule has 0 heterocycles. The van der Waals surface area contributed by atoms with Crippen molar-refractivity contribution in [1.82, 2.24) is 0 Å². The van der Waals surface area contributed by atoms with Crippen molar-refractivity contribution in [3.63, 3.8) is 0 Å². The van der Waals surface area contributed by atoms with E-state index in [1.807, 2.05) is 26.8 Å². The summed E-state index contributed by atoms with van der Waals surface area (Å²) in [4.78, 5) is 0. The van der Waals surface area contributed by atoms with Crippen LogP contribution in [0.1, 0.15) is 45.2 Å². The number of ether oxygens (including phenoxy) is 1. The van der Waals surface area contributed by atoms with Crippen molar-refractivity contribution in [2.75, 3.05) is 0 Å². The van der Waals surface area contributed by atoms with Crippen molar-refractivity contribution in [1.29, 1.82) is 0 Å². The third-order valence-electron chi connectivity index (χ3n) is 2.69. The van der Waals surface area contributed by atoms with E-state index in [1.54, 1.807) is 6.07 Å². The Morgan fingerprint density at radius 1 is 1.31 bits per heavy atom. The van der Waals surface area contributed by atoms with E-state index in [2.05, 4.69) is 0 Å². The van der Waals surface area contributed by atoms with Gasteiger partial charge in [0.2, 0.25) is 0 Å². The number of benzene rings is 1. The standard InChI is InChI=1S/C13H20FNO/c1-4-11(5-2)16-13-7-6-10(9(3)15)8-12(13)14/h6-9,11H,4-5,15H2,1-3H3/t9-/m0/s1. The summed E-state index contributed by atoms with van der Waals surface area (Å²) in [6.07, 6.45) is 1.84. The maximum absolute atomic E-state index is 13.7. The van der Waals surface area contributed by atoms with Crippen LogP contribution in [0, 0.1) is 5.82 Å². The van der Waals surface area contributed by atoms with Crippen LogP contribution < -0.4 is 10.5 Å². The maximum atomic E-state index is 13.7. The van der Waals surface area contributed by atoms with Gasteiger partial charge in [-0.2, -0.15) is 0 Å². The summed E-state index contributed by atoms with van der Waals surface area (Å²) in [5, 5.41) is 0. The van der Waals surface area contributed by atoms with Gasteiger partial charge in [-0.3, -0.25) is 0 Å². The number of hydrogen-bond donors (Lipinski definition) is 1. The Hall–Kier alpha value is -1.09. The van der Waals surface area contributed by atoms with Crippen LogP contribution in [0.25, 0.3) is 0 Å². The van der Waals surface area contributed by atoms with Crippen LogP contribution in [0.5, 0.6) is 5.75 Å². The lowest BCUT2D eigenvalue weighted by atomic mass is 10.1. The summed E-state index contributed by atoms with van der Waals surface area (Å²) in [6.45, 7) is 5.89. The van der Waals surface area contributed by atoms with E-state index >= 15 is 0 Å². The van der Waals surface area contributed by atoms with Gasteiger partial charge in [0.1, 0.15) is 0 Å². The third-order valence-corrected chi connectivity index (χ3v) is 2.69. The summed E-state index contributed by atoms with van der Waals surface area (Å²) in [6, 6.07) is 4.76. The van der Waals surface area contributed by atoms with E-state index in [9.17, 15) is 4.39 Å². The molecule has 0 saturated heterocycles. The van der Waals surface area contributed by atoms with Crippen molar-refractivity contribution < 1.29 is 9.13 Å². The van der Waals surface area contributed by atoms with Gasteiger partial charge in [0.05, 0.1) is 6.10 Å². The highest BCUT2D eigenvalue weighted by atomic mass is 19.1. The molecule has 2 nitrogen and oxygen atoms in total. The number of rotatable bonds is 5. The molecule has 0 spiro atoms. The van der Waals surface area contributed by atoms with Crippen molar-refractivity contribution in [3.05, 3.63) is 29.6 Å². The van der Waals surface area contributed by atoms with Gasteiger partial charge in [0, 0.05) is 6.04 Å². The Bertz CT molecular complexity index is 335. The molecule has 90 valence electrons. The first kappa shape index (κ1) is 13.0. The van der Waals surface area contributed by atoms with Crippen LogP contribution in [0.3, 0.4) is 0 Å². The van der Waals surface area contributed by atoms with Gasteiger partial charge < -0.3 is 10.5 Å². The fourth-order valence-electron chi connectivity index (χ4n) is 1.53. The van der Waals surface area contributed by atoms with E-state index in [1.165, 1.54) is 6.07 Å². The van der Waals surface area contributed by atoms with E-state index in [0.29, 0.717) is 5.75 Å². The van der Waals surface area contributed by atoms with Gasteiger partial charge in [-0.25, -0.2) is 4.39 Å². The van der Waals surface area contributed by atoms with Crippen molar-refractivity contribution in [2.24, 2.45) is 5.73 Å². The predicted molar refractivity (Wildman–Crippen MR) is 64.0 cm³/mol. The second-order valence-electron chi connectivity index (χ2n) is 4.03. The van der Waals surface area contributed by atoms with Crippen molar-refractivity contribution in [3.8, 4) is 5.75 Å². The van der Waals surface area contributed by atoms with Gasteiger partial charge in [-0.05, 0) is 37.5 Å². The Balaban J connectivity index is 2.82. The summed E-state index contributed by atoms with van der Waals surface area (Å²) in [5.41, 5.74) is 6.47. The number of hydrogen-bond acceptors (Lipinski definition) is 2. The molecule has 0 bridgehead atoms. The third kappa shape index (κ3) is 3.20. The lowest BCUT2D eigenvalue weighted by Gasteiger charge is -2.17. The van der Waals surface area contributed by atoms with Crippen LogP contribution in [-0.4, -0.2) is 6.10 Å². The highest BCUT2D eigenvalue weighted by molar-refractivity contribution is 5.30. The quantitative estimate of drug-likeness (QED) is 0.833. The molecule has 1 atom stereocenters. The second kappa shape index (κ2) is 5.85. The van der Waals surface area contributed by atoms with Gasteiger partial charge in [0.25, 0.3) is 0 Å². The molecule has 0 aromatic heterocycles. The normalized spacial score (nSPS) is 12.9. The zero-order chi connectivity index (χ0) is 12.1. The largest absolute Gasteiger partial charge is 0.487 e. The van der Waals surface area contributed by atoms with Crippen LogP contribution >= 0.6 is 0 Å². The monoisotopic (exact) mass is 225 g/mol. The minimum Gasteiger partial charge on any atom is -0.487 e. The highest BCUT2D eigenvalue weighted by Crippen LogP contribution is 2.23. The first-order chi connectivity index (χ1) is 7.58. The first-order valence-electron chi connectivity index (χ1n) is 5.80. The average Bonchev–Trinajstić information content (AvgIpc) is 2.27. The molecule has 0 amide bonds. The topological polar surface area (TPSA) is 35.2 Å². The SMILES string of the molecule is CCC(CC)Oc1ccc([C@H](C)N)cc1F. The summed E-state index contributed by atoms with van der Waals surface area (Å²) in [5.74, 6) is -0.0141. The minimum absolute atomic E-state index is 0.0793. The van der Waals surface area contributed by atoms with Gasteiger partial charge in [-0.15, -0.1) is 0 Å². The molecule has 1 aromatic rings. The average molecular weight is 225 g/mol. The molecule has 0 aliphatic heterocycles. The molecule has 1 aromatic carbocycles. The fourth-order valence-corrected chi connectivity index (χ4v) is 1.53. The molecule has 16 heavy (non-hydrogen) atoms. The predicted octanol–water partition coefficient (Wildman–Crippen LogP) is 3.41. The lowest BCUT2D eigenvalue weighted by molar-refractivity contribution is 0.184. The number of halogens is 1. The summed E-state index contributed by atoms with van der Waals surface area (Å²) in [7, 11) is 0. The number of nitrogens with two attached hydrogens (primary N) is 1. The Kier molecular flexibility index (Phi) is 4.74. The molecular formula is C13H20FNO. The second-order valence-corrected chi connectivity index (χ2v) is 4.03. The molecular weight excluding hydrogens is 205 g/mol. The van der Waals surface area contributed by atoms with Crippen molar-refractivity contribution in [2.45, 2.75) is 45.8 Å². The van der Waals surface area contributed by atoms with E-state index in [-0.39, 0.29) is 18.0 Å². The summed E-state index contributed by atoms with van der Waals surface area (Å²) < 4.78 is 19.2. The molecule has 2 N–H and O–H groups in total. The fraction of sp³-hybridized carbons (Fsp3) is 0.538. The Labute approximate surface area is 96.6 Å². The summed E-state index contributed by atoms with van der Waals surface area (Å²) >= 11 is 0. The van der Waals surface area contributed by atoms with Crippen LogP contribution in [0.2, 0.25) is 0 Å². The van der Waals surface area contributed by atoms with Crippen LogP contribution in [0.4, 0.5) is 4.39 Å². The first-order valence-corrected chi connectivity index (χ1v) is 5.80. The van der Waals surface area contributed by atoms with Crippen molar-refractivity contribution >= 4 is 0 Å². The Morgan fingerprint density at radius 2 is 1.94 bits per heavy atom. The molecule has 0 radical (unpaired) electrons. The molecule has 0 fully saturated rings. The lowest BCUT2D eigenvalue weighted by Crippen LogP contribution is -2.15. The molecule has 0 unspecified atom stereocenters. The van der Waals surface area contributed by atoms with Gasteiger partial charge >= 0.3 is 0 Å². The zero-order valence-corrected chi connectivity index (χ0v) is 10.2. The maximum Gasteiger partial charge on any atom is 0.165 e. The molecule has 0 aliphatic rings. The van der Waals surface area contributed by atoms with Gasteiger partial charge in [0.15, 0.2) is 11.6 Å². The minimum atomic E-state index is -0.332. The van der Waals surface area contributed by atoms with Gasteiger partial charge in [-0.1, -0.05) is 19.9 Å². The molecule has 3 heteroatoms. The molecule has 0 aliphatic carbocycles. The van der Waals surface area contributed by atoms with E-state index in [4.69, 9.17) is 10.5 Å².